The maximum absolute atomic E-state index is 12.1. The fraction of sp³-hybridized carbons (Fsp3) is 0.385. The van der Waals surface area contributed by atoms with Crippen molar-refractivity contribution in [2.24, 2.45) is 11.7 Å². The van der Waals surface area contributed by atoms with Crippen molar-refractivity contribution >= 4 is 49.5 Å². The number of nitrogens with zero attached hydrogens (tertiary/aromatic N) is 1. The molecule has 108 valence electrons. The maximum atomic E-state index is 12.1. The number of piperidine rings is 1. The summed E-state index contributed by atoms with van der Waals surface area (Å²) < 4.78 is 1.75. The molecule has 0 aromatic heterocycles. The van der Waals surface area contributed by atoms with Gasteiger partial charge < -0.3 is 16.0 Å². The van der Waals surface area contributed by atoms with Crippen molar-refractivity contribution in [3.8, 4) is 0 Å². The minimum atomic E-state index is -0.277. The molecule has 1 aromatic carbocycles. The van der Waals surface area contributed by atoms with Gasteiger partial charge in [-0.1, -0.05) is 15.9 Å². The molecule has 1 aliphatic heterocycles. The molecule has 1 aromatic rings. The van der Waals surface area contributed by atoms with Gasteiger partial charge in [-0.25, -0.2) is 4.79 Å². The summed E-state index contributed by atoms with van der Waals surface area (Å²) in [7, 11) is 0. The third-order valence-corrected chi connectivity index (χ3v) is 4.51. The highest BCUT2D eigenvalue weighted by molar-refractivity contribution is 9.11. The number of benzene rings is 1. The number of hydrogen-bond donors (Lipinski definition) is 2. The van der Waals surface area contributed by atoms with Crippen LogP contribution in [0, 0.1) is 5.92 Å². The van der Waals surface area contributed by atoms with Crippen molar-refractivity contribution < 1.29 is 9.59 Å². The van der Waals surface area contributed by atoms with Gasteiger partial charge in [-0.2, -0.15) is 0 Å². The molecule has 5 nitrogen and oxygen atoms in total. The summed E-state index contributed by atoms with van der Waals surface area (Å²) in [6, 6.07) is 5.40. The minimum Gasteiger partial charge on any atom is -0.369 e. The van der Waals surface area contributed by atoms with Gasteiger partial charge in [0.1, 0.15) is 0 Å². The molecule has 3 N–H and O–H groups in total. The lowest BCUT2D eigenvalue weighted by atomic mass is 9.96. The average Bonchev–Trinajstić information content (AvgIpc) is 2.42. The molecule has 1 fully saturated rings. The Bertz CT molecular complexity index is 528. The van der Waals surface area contributed by atoms with Crippen LogP contribution in [0.15, 0.2) is 27.1 Å². The molecule has 0 unspecified atom stereocenters. The van der Waals surface area contributed by atoms with Crippen LogP contribution in [0.1, 0.15) is 12.8 Å². The molecular weight excluding hydrogens is 390 g/mol. The number of likely N-dealkylation sites (tertiary alicyclic amines) is 1. The topological polar surface area (TPSA) is 75.4 Å². The Morgan fingerprint density at radius 2 is 1.90 bits per heavy atom. The van der Waals surface area contributed by atoms with Crippen LogP contribution >= 0.6 is 31.9 Å². The highest BCUT2D eigenvalue weighted by atomic mass is 79.9. The number of rotatable bonds is 2. The molecule has 2 rings (SSSR count). The van der Waals surface area contributed by atoms with Crippen molar-refractivity contribution in [1.82, 2.24) is 4.90 Å². The molecule has 1 aliphatic rings. The van der Waals surface area contributed by atoms with Crippen LogP contribution in [0.25, 0.3) is 0 Å². The Labute approximate surface area is 134 Å². The number of hydrogen-bond acceptors (Lipinski definition) is 2. The Morgan fingerprint density at radius 1 is 1.25 bits per heavy atom. The maximum Gasteiger partial charge on any atom is 0.321 e. The third kappa shape index (κ3) is 3.73. The molecule has 0 atom stereocenters. The van der Waals surface area contributed by atoms with Gasteiger partial charge in [0.15, 0.2) is 0 Å². The molecule has 20 heavy (non-hydrogen) atoms. The quantitative estimate of drug-likeness (QED) is 0.794. The molecule has 0 aliphatic carbocycles. The second-order valence-electron chi connectivity index (χ2n) is 4.72. The highest BCUT2D eigenvalue weighted by Crippen LogP contribution is 2.27. The predicted octanol–water partition coefficient (Wildman–Crippen LogP) is 2.94. The van der Waals surface area contributed by atoms with Gasteiger partial charge >= 0.3 is 6.03 Å². The van der Waals surface area contributed by atoms with Gasteiger partial charge in [-0.3, -0.25) is 4.79 Å². The van der Waals surface area contributed by atoms with E-state index in [1.807, 2.05) is 18.2 Å². The Morgan fingerprint density at radius 3 is 2.45 bits per heavy atom. The first-order valence-electron chi connectivity index (χ1n) is 6.27. The first-order chi connectivity index (χ1) is 9.47. The van der Waals surface area contributed by atoms with E-state index in [1.165, 1.54) is 0 Å². The van der Waals surface area contributed by atoms with E-state index in [1.54, 1.807) is 4.90 Å². The van der Waals surface area contributed by atoms with Gasteiger partial charge in [0.05, 0.1) is 5.69 Å². The Balaban J connectivity index is 1.94. The number of amides is 3. The first kappa shape index (κ1) is 15.3. The number of urea groups is 1. The number of nitrogens with one attached hydrogen (secondary N) is 1. The number of carbonyl (C=O) groups is 2. The van der Waals surface area contributed by atoms with Crippen molar-refractivity contribution in [2.45, 2.75) is 12.8 Å². The molecule has 0 saturated carbocycles. The Hall–Kier alpha value is -1.08. The predicted molar refractivity (Wildman–Crippen MR) is 84.4 cm³/mol. The molecule has 1 heterocycles. The molecule has 0 bridgehead atoms. The SMILES string of the molecule is NC(=O)C1CCN(C(=O)Nc2ccc(Br)cc2Br)CC1. The minimum absolute atomic E-state index is 0.113. The zero-order valence-electron chi connectivity index (χ0n) is 10.7. The standard InChI is InChI=1S/C13H15Br2N3O2/c14-9-1-2-11(10(15)7-9)17-13(20)18-5-3-8(4-6-18)12(16)19/h1-2,7-8H,3-6H2,(H2,16,19)(H,17,20). The van der Waals surface area contributed by atoms with E-state index in [0.29, 0.717) is 25.9 Å². The molecule has 0 radical (unpaired) electrons. The highest BCUT2D eigenvalue weighted by Gasteiger charge is 2.26. The van der Waals surface area contributed by atoms with E-state index in [4.69, 9.17) is 5.73 Å². The first-order valence-corrected chi connectivity index (χ1v) is 7.86. The van der Waals surface area contributed by atoms with E-state index < -0.39 is 0 Å². The summed E-state index contributed by atoms with van der Waals surface area (Å²) in [5.41, 5.74) is 6.00. The Kier molecular flexibility index (Phi) is 5.04. The molecule has 3 amide bonds. The lowest BCUT2D eigenvalue weighted by Gasteiger charge is -2.30. The van der Waals surface area contributed by atoms with Crippen molar-refractivity contribution in [1.29, 1.82) is 0 Å². The van der Waals surface area contributed by atoms with Crippen LogP contribution < -0.4 is 11.1 Å². The van der Waals surface area contributed by atoms with Crippen LogP contribution in [-0.4, -0.2) is 29.9 Å². The van der Waals surface area contributed by atoms with E-state index in [0.717, 1.165) is 14.6 Å². The van der Waals surface area contributed by atoms with Gasteiger partial charge in [0.2, 0.25) is 5.91 Å². The van der Waals surface area contributed by atoms with E-state index >= 15 is 0 Å². The van der Waals surface area contributed by atoms with Crippen LogP contribution in [0.5, 0.6) is 0 Å². The van der Waals surface area contributed by atoms with E-state index in [-0.39, 0.29) is 17.9 Å². The second kappa shape index (κ2) is 6.58. The van der Waals surface area contributed by atoms with Crippen LogP contribution in [0.3, 0.4) is 0 Å². The van der Waals surface area contributed by atoms with Gasteiger partial charge in [-0.15, -0.1) is 0 Å². The van der Waals surface area contributed by atoms with Crippen LogP contribution in [-0.2, 0) is 4.79 Å². The zero-order valence-corrected chi connectivity index (χ0v) is 13.9. The number of anilines is 1. The fourth-order valence-electron chi connectivity index (χ4n) is 2.15. The second-order valence-corrected chi connectivity index (χ2v) is 6.49. The summed E-state index contributed by atoms with van der Waals surface area (Å²) in [6.45, 7) is 1.10. The molecule has 0 spiro atoms. The fourth-order valence-corrected chi connectivity index (χ4v) is 3.30. The van der Waals surface area contributed by atoms with Crippen LogP contribution in [0.4, 0.5) is 10.5 Å². The number of primary amides is 1. The zero-order chi connectivity index (χ0) is 14.7. The third-order valence-electron chi connectivity index (χ3n) is 3.36. The number of nitrogens with two attached hydrogens (primary N) is 1. The van der Waals surface area contributed by atoms with Crippen molar-refractivity contribution in [3.63, 3.8) is 0 Å². The summed E-state index contributed by atoms with van der Waals surface area (Å²) in [4.78, 5) is 24.9. The van der Waals surface area contributed by atoms with Crippen molar-refractivity contribution in [2.75, 3.05) is 18.4 Å². The average molecular weight is 405 g/mol. The normalized spacial score (nSPS) is 16.0. The lowest BCUT2D eigenvalue weighted by Crippen LogP contribution is -2.43. The number of halogens is 2. The smallest absolute Gasteiger partial charge is 0.321 e. The van der Waals surface area contributed by atoms with Crippen molar-refractivity contribution in [3.05, 3.63) is 27.1 Å². The molecule has 7 heteroatoms. The summed E-state index contributed by atoms with van der Waals surface area (Å²) >= 11 is 6.77. The van der Waals surface area contributed by atoms with E-state index in [9.17, 15) is 9.59 Å². The van der Waals surface area contributed by atoms with Crippen LogP contribution in [0.2, 0.25) is 0 Å². The van der Waals surface area contributed by atoms with Gasteiger partial charge in [0.25, 0.3) is 0 Å². The summed E-state index contributed by atoms with van der Waals surface area (Å²) in [5, 5.41) is 2.85. The molecular formula is C13H15Br2N3O2. The molecule has 1 saturated heterocycles. The summed E-state index contributed by atoms with van der Waals surface area (Å²) in [6.07, 6.45) is 1.26. The summed E-state index contributed by atoms with van der Waals surface area (Å²) in [5.74, 6) is -0.390. The monoisotopic (exact) mass is 403 g/mol. The van der Waals surface area contributed by atoms with Gasteiger partial charge in [-0.05, 0) is 47.0 Å². The largest absolute Gasteiger partial charge is 0.369 e. The lowest BCUT2D eigenvalue weighted by molar-refractivity contribution is -0.122. The number of carbonyl (C=O) groups excluding carboxylic acids is 2. The van der Waals surface area contributed by atoms with Gasteiger partial charge in [0, 0.05) is 28.0 Å². The van der Waals surface area contributed by atoms with E-state index in [2.05, 4.69) is 37.2 Å².